The highest BCUT2D eigenvalue weighted by molar-refractivity contribution is 7.98. The maximum absolute atomic E-state index is 12.4. The molecule has 0 radical (unpaired) electrons. The quantitative estimate of drug-likeness (QED) is 0.826. The van der Waals surface area contributed by atoms with Crippen molar-refractivity contribution in [3.05, 3.63) is 21.4 Å². The lowest BCUT2D eigenvalue weighted by Crippen LogP contribution is -2.42. The van der Waals surface area contributed by atoms with Gasteiger partial charge in [-0.2, -0.15) is 11.8 Å². The molecular weight excluding hydrogens is 290 g/mol. The van der Waals surface area contributed by atoms with Crippen LogP contribution in [-0.2, 0) is 12.2 Å². The van der Waals surface area contributed by atoms with Gasteiger partial charge in [0.05, 0.1) is 17.0 Å². The fraction of sp³-hybridized carbons (Fsp3) is 0.667. The Kier molecular flexibility index (Phi) is 4.68. The lowest BCUT2D eigenvalue weighted by Gasteiger charge is -2.21. The smallest absolute Gasteiger partial charge is 0.261 e. The summed E-state index contributed by atoms with van der Waals surface area (Å²) in [6, 6.07) is 1.98. The summed E-state index contributed by atoms with van der Waals surface area (Å²) in [6.45, 7) is 0. The van der Waals surface area contributed by atoms with Gasteiger partial charge in [0, 0.05) is 10.6 Å². The summed E-state index contributed by atoms with van der Waals surface area (Å²) < 4.78 is 0. The summed E-state index contributed by atoms with van der Waals surface area (Å²) in [6.07, 6.45) is 5.73. The van der Waals surface area contributed by atoms with Gasteiger partial charge in [-0.1, -0.05) is 19.3 Å². The van der Waals surface area contributed by atoms with Gasteiger partial charge < -0.3 is 10.4 Å². The third-order valence-corrected chi connectivity index (χ3v) is 6.39. The van der Waals surface area contributed by atoms with Crippen LogP contribution in [0.4, 0.5) is 0 Å². The standard InChI is InChI=1S/C15H21NO2S2/c17-12-5-3-1-2-4-11(12)16-15(18)14-8-10-9-19-7-6-13(10)20-14/h8,11-12,17H,1-7,9H2,(H,16,18). The van der Waals surface area contributed by atoms with Gasteiger partial charge >= 0.3 is 0 Å². The van der Waals surface area contributed by atoms with E-state index in [4.69, 9.17) is 0 Å². The molecule has 0 saturated heterocycles. The fourth-order valence-electron chi connectivity index (χ4n) is 2.96. The maximum Gasteiger partial charge on any atom is 0.261 e. The molecule has 110 valence electrons. The van der Waals surface area contributed by atoms with E-state index in [0.717, 1.165) is 54.9 Å². The molecule has 1 aromatic heterocycles. The number of aliphatic hydroxyl groups is 1. The molecule has 3 nitrogen and oxygen atoms in total. The minimum absolute atomic E-state index is 0.000324. The zero-order valence-electron chi connectivity index (χ0n) is 11.6. The summed E-state index contributed by atoms with van der Waals surface area (Å²) in [5.74, 6) is 2.20. The Labute approximate surface area is 128 Å². The van der Waals surface area contributed by atoms with Gasteiger partial charge in [0.25, 0.3) is 5.91 Å². The van der Waals surface area contributed by atoms with Gasteiger partial charge in [-0.05, 0) is 36.6 Å². The second kappa shape index (κ2) is 6.50. The van der Waals surface area contributed by atoms with Crippen molar-refractivity contribution >= 4 is 29.0 Å². The van der Waals surface area contributed by atoms with E-state index in [1.54, 1.807) is 11.3 Å². The number of fused-ring (bicyclic) bond motifs is 1. The van der Waals surface area contributed by atoms with E-state index < -0.39 is 0 Å². The van der Waals surface area contributed by atoms with Crippen molar-refractivity contribution in [1.29, 1.82) is 0 Å². The number of hydrogen-bond donors (Lipinski definition) is 2. The number of aryl methyl sites for hydroxylation is 1. The van der Waals surface area contributed by atoms with E-state index in [9.17, 15) is 9.90 Å². The molecule has 0 bridgehead atoms. The van der Waals surface area contributed by atoms with Crippen LogP contribution in [-0.4, -0.2) is 28.9 Å². The lowest BCUT2D eigenvalue weighted by atomic mass is 10.1. The zero-order chi connectivity index (χ0) is 13.9. The Morgan fingerprint density at radius 2 is 2.15 bits per heavy atom. The maximum atomic E-state index is 12.4. The van der Waals surface area contributed by atoms with Crippen molar-refractivity contribution in [2.75, 3.05) is 5.75 Å². The molecule has 2 atom stereocenters. The molecule has 3 rings (SSSR count). The van der Waals surface area contributed by atoms with E-state index in [1.165, 1.54) is 10.4 Å². The third kappa shape index (κ3) is 3.21. The molecule has 1 fully saturated rings. The van der Waals surface area contributed by atoms with Crippen LogP contribution >= 0.6 is 23.1 Å². The molecule has 1 aliphatic carbocycles. The van der Waals surface area contributed by atoms with Crippen LogP contribution in [0.3, 0.4) is 0 Å². The van der Waals surface area contributed by atoms with Crippen LogP contribution in [0.2, 0.25) is 0 Å². The molecule has 1 aliphatic heterocycles. The Morgan fingerprint density at radius 1 is 1.30 bits per heavy atom. The largest absolute Gasteiger partial charge is 0.391 e. The average molecular weight is 311 g/mol. The van der Waals surface area contributed by atoms with Crippen LogP contribution in [0.1, 0.15) is 52.2 Å². The Bertz CT molecular complexity index is 463. The fourth-order valence-corrected chi connectivity index (χ4v) is 5.23. The van der Waals surface area contributed by atoms with E-state index in [-0.39, 0.29) is 18.1 Å². The van der Waals surface area contributed by atoms with Crippen molar-refractivity contribution in [3.8, 4) is 0 Å². The van der Waals surface area contributed by atoms with Gasteiger partial charge in [-0.3, -0.25) is 4.79 Å². The monoisotopic (exact) mass is 311 g/mol. The van der Waals surface area contributed by atoms with Crippen molar-refractivity contribution in [1.82, 2.24) is 5.32 Å². The summed E-state index contributed by atoms with van der Waals surface area (Å²) in [5, 5.41) is 13.1. The second-order valence-corrected chi connectivity index (χ2v) is 7.89. The zero-order valence-corrected chi connectivity index (χ0v) is 13.2. The van der Waals surface area contributed by atoms with Crippen LogP contribution in [0, 0.1) is 0 Å². The second-order valence-electron chi connectivity index (χ2n) is 5.65. The Morgan fingerprint density at radius 3 is 3.00 bits per heavy atom. The number of thioether (sulfide) groups is 1. The molecule has 2 heterocycles. The van der Waals surface area contributed by atoms with Gasteiger partial charge in [0.2, 0.25) is 0 Å². The predicted molar refractivity (Wildman–Crippen MR) is 84.5 cm³/mol. The first-order valence-electron chi connectivity index (χ1n) is 7.42. The Balaban J connectivity index is 1.67. The van der Waals surface area contributed by atoms with Crippen LogP contribution in [0.5, 0.6) is 0 Å². The number of carbonyl (C=O) groups is 1. The van der Waals surface area contributed by atoms with Gasteiger partial charge in [-0.15, -0.1) is 11.3 Å². The number of carbonyl (C=O) groups excluding carboxylic acids is 1. The summed E-state index contributed by atoms with van der Waals surface area (Å²) >= 11 is 3.57. The highest BCUT2D eigenvalue weighted by Gasteiger charge is 2.25. The molecule has 0 aromatic carbocycles. The summed E-state index contributed by atoms with van der Waals surface area (Å²) in [4.78, 5) is 14.6. The van der Waals surface area contributed by atoms with E-state index in [2.05, 4.69) is 5.32 Å². The molecule has 2 aliphatic rings. The van der Waals surface area contributed by atoms with E-state index in [0.29, 0.717) is 0 Å². The van der Waals surface area contributed by atoms with Crippen LogP contribution in [0.25, 0.3) is 0 Å². The molecule has 2 N–H and O–H groups in total. The summed E-state index contributed by atoms with van der Waals surface area (Å²) in [7, 11) is 0. The first-order chi connectivity index (χ1) is 9.74. The molecule has 5 heteroatoms. The first-order valence-corrected chi connectivity index (χ1v) is 9.39. The molecular formula is C15H21NO2S2. The van der Waals surface area contributed by atoms with Crippen LogP contribution in [0.15, 0.2) is 6.07 Å². The number of aliphatic hydroxyl groups excluding tert-OH is 1. The third-order valence-electron chi connectivity index (χ3n) is 4.15. The topological polar surface area (TPSA) is 49.3 Å². The SMILES string of the molecule is O=C(NC1CCCCCC1O)c1cc2c(s1)CCSC2. The van der Waals surface area contributed by atoms with Crippen molar-refractivity contribution in [2.45, 2.75) is 56.4 Å². The summed E-state index contributed by atoms with van der Waals surface area (Å²) in [5.41, 5.74) is 1.33. The molecule has 0 spiro atoms. The minimum Gasteiger partial charge on any atom is -0.391 e. The average Bonchev–Trinajstić information content (AvgIpc) is 2.79. The van der Waals surface area contributed by atoms with E-state index >= 15 is 0 Å². The van der Waals surface area contributed by atoms with Gasteiger partial charge in [0.1, 0.15) is 0 Å². The Hall–Kier alpha value is -0.520. The molecule has 20 heavy (non-hydrogen) atoms. The molecule has 2 unspecified atom stereocenters. The molecule has 1 aromatic rings. The highest BCUT2D eigenvalue weighted by Crippen LogP contribution is 2.31. The first kappa shape index (κ1) is 14.4. The van der Waals surface area contributed by atoms with Crippen molar-refractivity contribution < 1.29 is 9.90 Å². The normalized spacial score (nSPS) is 26.6. The predicted octanol–water partition coefficient (Wildman–Crippen LogP) is 2.96. The van der Waals surface area contributed by atoms with Crippen molar-refractivity contribution in [2.24, 2.45) is 0 Å². The van der Waals surface area contributed by atoms with Crippen LogP contribution < -0.4 is 5.32 Å². The van der Waals surface area contributed by atoms with Crippen molar-refractivity contribution in [3.63, 3.8) is 0 Å². The van der Waals surface area contributed by atoms with Gasteiger partial charge in [-0.25, -0.2) is 0 Å². The number of thiophene rings is 1. The van der Waals surface area contributed by atoms with Gasteiger partial charge in [0.15, 0.2) is 0 Å². The number of hydrogen-bond acceptors (Lipinski definition) is 4. The minimum atomic E-state index is -0.383. The number of nitrogens with one attached hydrogen (secondary N) is 1. The molecule has 1 saturated carbocycles. The molecule has 1 amide bonds. The number of rotatable bonds is 2. The highest BCUT2D eigenvalue weighted by atomic mass is 32.2. The number of amides is 1. The lowest BCUT2D eigenvalue weighted by molar-refractivity contribution is 0.0822. The van der Waals surface area contributed by atoms with E-state index in [1.807, 2.05) is 17.8 Å².